The molecule has 0 radical (unpaired) electrons. The largest absolute Gasteiger partial charge is 0.481 e. The molecule has 0 aliphatic carbocycles. The molecular weight excluding hydrogens is 291 g/mol. The van der Waals surface area contributed by atoms with E-state index in [1.807, 2.05) is 0 Å². The van der Waals surface area contributed by atoms with Crippen LogP contribution >= 0.6 is 23.2 Å². The molecule has 1 heterocycles. The number of carboxylic acids is 1. The molecule has 7 heteroatoms. The van der Waals surface area contributed by atoms with Crippen LogP contribution in [0.1, 0.15) is 24.2 Å². The number of hydrogen-bond donors (Lipinski definition) is 1. The molecule has 0 aromatic carbocycles. The maximum atomic E-state index is 12.2. The van der Waals surface area contributed by atoms with Crippen molar-refractivity contribution in [3.05, 3.63) is 28.0 Å². The van der Waals surface area contributed by atoms with Crippen LogP contribution in [0.25, 0.3) is 0 Å². The molecule has 0 saturated carbocycles. The van der Waals surface area contributed by atoms with Crippen LogP contribution in [0, 0.1) is 5.92 Å². The summed E-state index contributed by atoms with van der Waals surface area (Å²) in [6, 6.07) is 1.42. The highest BCUT2D eigenvalue weighted by molar-refractivity contribution is 6.41. The number of carbonyl (C=O) groups excluding carboxylic acids is 1. The van der Waals surface area contributed by atoms with Crippen molar-refractivity contribution in [3.63, 3.8) is 0 Å². The molecule has 0 spiro atoms. The van der Waals surface area contributed by atoms with E-state index in [1.54, 1.807) is 13.8 Å². The molecule has 0 aliphatic rings. The lowest BCUT2D eigenvalue weighted by molar-refractivity contribution is -0.141. The highest BCUT2D eigenvalue weighted by Crippen LogP contribution is 2.20. The Balaban J connectivity index is 2.89. The van der Waals surface area contributed by atoms with Crippen molar-refractivity contribution in [2.24, 2.45) is 5.92 Å². The zero-order valence-electron chi connectivity index (χ0n) is 10.6. The Bertz CT molecular complexity index is 494. The van der Waals surface area contributed by atoms with E-state index in [2.05, 4.69) is 4.98 Å². The van der Waals surface area contributed by atoms with Crippen LogP contribution in [0.5, 0.6) is 0 Å². The number of nitrogens with zero attached hydrogens (tertiary/aromatic N) is 2. The Morgan fingerprint density at radius 1 is 1.47 bits per heavy atom. The maximum absolute atomic E-state index is 12.2. The molecule has 1 aromatic rings. The zero-order valence-corrected chi connectivity index (χ0v) is 12.1. The molecule has 1 N–H and O–H groups in total. The number of carbonyl (C=O) groups is 2. The van der Waals surface area contributed by atoms with E-state index in [0.717, 1.165) is 0 Å². The number of carboxylic acid groups (broad SMARTS) is 1. The second-order valence-corrected chi connectivity index (χ2v) is 4.84. The second-order valence-electron chi connectivity index (χ2n) is 4.08. The summed E-state index contributed by atoms with van der Waals surface area (Å²) in [6.45, 7) is 3.85. The molecule has 1 atom stereocenters. The monoisotopic (exact) mass is 304 g/mol. The lowest BCUT2D eigenvalue weighted by Crippen LogP contribution is -2.36. The molecule has 0 bridgehead atoms. The molecule has 5 nitrogen and oxygen atoms in total. The van der Waals surface area contributed by atoms with E-state index >= 15 is 0 Å². The van der Waals surface area contributed by atoms with Gasteiger partial charge in [0.2, 0.25) is 0 Å². The van der Waals surface area contributed by atoms with Crippen LogP contribution in [-0.2, 0) is 4.79 Å². The van der Waals surface area contributed by atoms with Gasteiger partial charge in [-0.05, 0) is 13.0 Å². The van der Waals surface area contributed by atoms with E-state index in [9.17, 15) is 9.59 Å². The minimum absolute atomic E-state index is 0.125. The second kappa shape index (κ2) is 6.73. The summed E-state index contributed by atoms with van der Waals surface area (Å²) in [5.41, 5.74) is 0.286. The van der Waals surface area contributed by atoms with Crippen molar-refractivity contribution in [2.45, 2.75) is 13.8 Å². The number of aliphatic carboxylic acids is 1. The summed E-state index contributed by atoms with van der Waals surface area (Å²) < 4.78 is 0. The fourth-order valence-electron chi connectivity index (χ4n) is 1.49. The van der Waals surface area contributed by atoms with Crippen LogP contribution in [0.4, 0.5) is 0 Å². The summed E-state index contributed by atoms with van der Waals surface area (Å²) in [4.78, 5) is 28.2. The van der Waals surface area contributed by atoms with Crippen LogP contribution in [-0.4, -0.2) is 40.0 Å². The van der Waals surface area contributed by atoms with Gasteiger partial charge in [-0.3, -0.25) is 9.59 Å². The third kappa shape index (κ3) is 4.08. The molecule has 1 unspecified atom stereocenters. The predicted octanol–water partition coefficient (Wildman–Crippen LogP) is 2.57. The fraction of sp³-hybridized carbons (Fsp3) is 0.417. The standard InChI is InChI=1S/C12H14Cl2N2O3/c1-3-16(6-7(2)12(18)19)11(17)8-4-9(13)10(14)15-5-8/h4-5,7H,3,6H2,1-2H3,(H,18,19). The third-order valence-corrected chi connectivity index (χ3v) is 3.31. The fourth-order valence-corrected chi connectivity index (χ4v) is 1.75. The van der Waals surface area contributed by atoms with Gasteiger partial charge in [-0.25, -0.2) is 4.98 Å². The van der Waals surface area contributed by atoms with Gasteiger partial charge < -0.3 is 10.0 Å². The van der Waals surface area contributed by atoms with Crippen LogP contribution in [0.3, 0.4) is 0 Å². The number of rotatable bonds is 5. The minimum atomic E-state index is -0.946. The van der Waals surface area contributed by atoms with Gasteiger partial charge in [0.25, 0.3) is 5.91 Å². The van der Waals surface area contributed by atoms with Crippen LogP contribution in [0.2, 0.25) is 10.2 Å². The van der Waals surface area contributed by atoms with E-state index < -0.39 is 11.9 Å². The van der Waals surface area contributed by atoms with Gasteiger partial charge in [0.05, 0.1) is 16.5 Å². The molecule has 0 fully saturated rings. The van der Waals surface area contributed by atoms with Gasteiger partial charge in [-0.1, -0.05) is 30.1 Å². The number of amides is 1. The molecular formula is C12H14Cl2N2O3. The van der Waals surface area contributed by atoms with Crippen molar-refractivity contribution in [1.29, 1.82) is 0 Å². The first-order valence-corrected chi connectivity index (χ1v) is 6.45. The van der Waals surface area contributed by atoms with E-state index in [-0.39, 0.29) is 28.2 Å². The Kier molecular flexibility index (Phi) is 5.57. The normalized spacial score (nSPS) is 12.0. The van der Waals surface area contributed by atoms with Crippen molar-refractivity contribution in [1.82, 2.24) is 9.88 Å². The van der Waals surface area contributed by atoms with Gasteiger partial charge >= 0.3 is 5.97 Å². The predicted molar refractivity (Wildman–Crippen MR) is 72.6 cm³/mol. The molecule has 19 heavy (non-hydrogen) atoms. The minimum Gasteiger partial charge on any atom is -0.481 e. The lowest BCUT2D eigenvalue weighted by atomic mass is 10.1. The van der Waals surface area contributed by atoms with Gasteiger partial charge in [-0.15, -0.1) is 0 Å². The van der Waals surface area contributed by atoms with Gasteiger partial charge in [0.1, 0.15) is 5.15 Å². The number of hydrogen-bond acceptors (Lipinski definition) is 3. The Morgan fingerprint density at radius 2 is 2.11 bits per heavy atom. The highest BCUT2D eigenvalue weighted by atomic mass is 35.5. The first-order valence-electron chi connectivity index (χ1n) is 5.70. The average molecular weight is 305 g/mol. The van der Waals surface area contributed by atoms with E-state index in [4.69, 9.17) is 28.3 Å². The summed E-state index contributed by atoms with van der Waals surface area (Å²) in [5.74, 6) is -1.90. The number of aromatic nitrogens is 1. The summed E-state index contributed by atoms with van der Waals surface area (Å²) >= 11 is 11.5. The summed E-state index contributed by atoms with van der Waals surface area (Å²) in [7, 11) is 0. The van der Waals surface area contributed by atoms with Crippen LogP contribution in [0.15, 0.2) is 12.3 Å². The van der Waals surface area contributed by atoms with E-state index in [1.165, 1.54) is 17.2 Å². The van der Waals surface area contributed by atoms with Crippen molar-refractivity contribution in [2.75, 3.05) is 13.1 Å². The molecule has 0 aliphatic heterocycles. The van der Waals surface area contributed by atoms with E-state index in [0.29, 0.717) is 6.54 Å². The molecule has 1 rings (SSSR count). The SMILES string of the molecule is CCN(CC(C)C(=O)O)C(=O)c1cnc(Cl)c(Cl)c1. The average Bonchev–Trinajstić information content (AvgIpc) is 2.37. The summed E-state index contributed by atoms with van der Waals surface area (Å²) in [5, 5.41) is 9.19. The van der Waals surface area contributed by atoms with Gasteiger partial charge in [0.15, 0.2) is 0 Å². The van der Waals surface area contributed by atoms with Gasteiger partial charge in [-0.2, -0.15) is 0 Å². The number of halogens is 2. The molecule has 0 saturated heterocycles. The van der Waals surface area contributed by atoms with Gasteiger partial charge in [0, 0.05) is 19.3 Å². The number of pyridine rings is 1. The lowest BCUT2D eigenvalue weighted by Gasteiger charge is -2.22. The quantitative estimate of drug-likeness (QED) is 0.849. The van der Waals surface area contributed by atoms with Crippen molar-refractivity contribution in [3.8, 4) is 0 Å². The third-order valence-electron chi connectivity index (χ3n) is 2.63. The molecule has 1 aromatic heterocycles. The zero-order chi connectivity index (χ0) is 14.6. The Labute approximate surface area is 121 Å². The van der Waals surface area contributed by atoms with Crippen molar-refractivity contribution >= 4 is 35.1 Å². The van der Waals surface area contributed by atoms with Crippen LogP contribution < -0.4 is 0 Å². The topological polar surface area (TPSA) is 70.5 Å². The Hall–Kier alpha value is -1.33. The molecule has 104 valence electrons. The van der Waals surface area contributed by atoms with Crippen molar-refractivity contribution < 1.29 is 14.7 Å². The maximum Gasteiger partial charge on any atom is 0.308 e. The smallest absolute Gasteiger partial charge is 0.308 e. The first kappa shape index (κ1) is 15.7. The summed E-state index contributed by atoms with van der Waals surface area (Å²) in [6.07, 6.45) is 1.32. The first-order chi connectivity index (χ1) is 8.86. The Morgan fingerprint density at radius 3 is 2.58 bits per heavy atom. The highest BCUT2D eigenvalue weighted by Gasteiger charge is 2.21. The molecule has 1 amide bonds.